The van der Waals surface area contributed by atoms with Crippen LogP contribution in [0.1, 0.15) is 34.6 Å². The molecule has 0 spiro atoms. The van der Waals surface area contributed by atoms with Gasteiger partial charge in [-0.05, 0) is 26.8 Å². The minimum absolute atomic E-state index is 0.0472. The maximum absolute atomic E-state index is 12.3. The molecule has 0 amide bonds. The number of hydrogen-bond acceptors (Lipinski definition) is 5. The van der Waals surface area contributed by atoms with E-state index in [1.807, 2.05) is 57.2 Å². The van der Waals surface area contributed by atoms with Crippen molar-refractivity contribution in [2.45, 2.75) is 33.9 Å². The highest BCUT2D eigenvalue weighted by Gasteiger charge is 2.17. The summed E-state index contributed by atoms with van der Waals surface area (Å²) in [5.41, 5.74) is 3.35. The lowest BCUT2D eigenvalue weighted by atomic mass is 10.2. The SMILES string of the molecule is CCn1c(C)cc(C(=O)OCc2nc(-c3ccccc3)no2)c1C. The average Bonchev–Trinajstić information content (AvgIpc) is 3.18. The standard InChI is InChI=1S/C18H19N3O3/c1-4-21-12(2)10-15(13(21)3)18(22)23-11-16-19-17(20-24-16)14-8-6-5-7-9-14/h5-10H,4,11H2,1-3H3. The first-order chi connectivity index (χ1) is 11.6. The van der Waals surface area contributed by atoms with Crippen LogP contribution in [-0.4, -0.2) is 20.7 Å². The molecule has 3 rings (SSSR count). The molecule has 0 fully saturated rings. The molecular formula is C18H19N3O3. The van der Waals surface area contributed by atoms with Crippen LogP contribution in [-0.2, 0) is 17.9 Å². The molecule has 6 heteroatoms. The molecule has 0 radical (unpaired) electrons. The lowest BCUT2D eigenvalue weighted by molar-refractivity contribution is 0.0429. The van der Waals surface area contributed by atoms with Gasteiger partial charge < -0.3 is 13.8 Å². The van der Waals surface area contributed by atoms with Crippen molar-refractivity contribution in [3.8, 4) is 11.4 Å². The zero-order valence-corrected chi connectivity index (χ0v) is 13.9. The van der Waals surface area contributed by atoms with Gasteiger partial charge in [-0.25, -0.2) is 4.79 Å². The van der Waals surface area contributed by atoms with Gasteiger partial charge in [-0.2, -0.15) is 4.98 Å². The number of benzene rings is 1. The third-order valence-electron chi connectivity index (χ3n) is 3.94. The van der Waals surface area contributed by atoms with Gasteiger partial charge in [0.2, 0.25) is 5.82 Å². The van der Waals surface area contributed by atoms with Crippen LogP contribution < -0.4 is 0 Å². The fourth-order valence-electron chi connectivity index (χ4n) is 2.72. The van der Waals surface area contributed by atoms with E-state index >= 15 is 0 Å². The van der Waals surface area contributed by atoms with Gasteiger partial charge in [0.05, 0.1) is 5.56 Å². The van der Waals surface area contributed by atoms with Crippen LogP contribution in [0.15, 0.2) is 40.9 Å². The van der Waals surface area contributed by atoms with Gasteiger partial charge in [0.25, 0.3) is 5.89 Å². The Balaban J connectivity index is 1.68. The van der Waals surface area contributed by atoms with E-state index in [1.165, 1.54) is 0 Å². The molecule has 6 nitrogen and oxygen atoms in total. The number of ether oxygens (including phenoxy) is 1. The summed E-state index contributed by atoms with van der Waals surface area (Å²) in [5, 5.41) is 3.90. The number of hydrogen-bond donors (Lipinski definition) is 0. The molecule has 24 heavy (non-hydrogen) atoms. The molecular weight excluding hydrogens is 306 g/mol. The van der Waals surface area contributed by atoms with Crippen LogP contribution in [0.25, 0.3) is 11.4 Å². The number of carbonyl (C=O) groups excluding carboxylic acids is 1. The van der Waals surface area contributed by atoms with Crippen molar-refractivity contribution in [1.29, 1.82) is 0 Å². The van der Waals surface area contributed by atoms with Gasteiger partial charge in [-0.1, -0.05) is 35.5 Å². The van der Waals surface area contributed by atoms with E-state index < -0.39 is 0 Å². The van der Waals surface area contributed by atoms with Crippen LogP contribution >= 0.6 is 0 Å². The topological polar surface area (TPSA) is 70.2 Å². The second kappa shape index (κ2) is 6.70. The minimum Gasteiger partial charge on any atom is -0.452 e. The summed E-state index contributed by atoms with van der Waals surface area (Å²) >= 11 is 0. The fraction of sp³-hybridized carbons (Fsp3) is 0.278. The lowest BCUT2D eigenvalue weighted by Gasteiger charge is -2.05. The normalized spacial score (nSPS) is 10.8. The van der Waals surface area contributed by atoms with E-state index in [0.29, 0.717) is 11.4 Å². The van der Waals surface area contributed by atoms with Gasteiger partial charge in [0, 0.05) is 23.5 Å². The molecule has 0 aliphatic rings. The summed E-state index contributed by atoms with van der Waals surface area (Å²) in [7, 11) is 0. The number of aromatic nitrogens is 3. The molecule has 0 aliphatic carbocycles. The van der Waals surface area contributed by atoms with Gasteiger partial charge in [-0.3, -0.25) is 0 Å². The van der Waals surface area contributed by atoms with Gasteiger partial charge in [0.15, 0.2) is 6.61 Å². The largest absolute Gasteiger partial charge is 0.452 e. The van der Waals surface area contributed by atoms with Crippen LogP contribution in [0.4, 0.5) is 0 Å². The Labute approximate surface area is 140 Å². The molecule has 0 saturated carbocycles. The molecule has 0 aliphatic heterocycles. The van der Waals surface area contributed by atoms with Crippen molar-refractivity contribution in [2.24, 2.45) is 0 Å². The molecule has 2 heterocycles. The van der Waals surface area contributed by atoms with E-state index in [1.54, 1.807) is 0 Å². The second-order valence-corrected chi connectivity index (χ2v) is 5.48. The summed E-state index contributed by atoms with van der Waals surface area (Å²) in [5.74, 6) is 0.361. The van der Waals surface area contributed by atoms with E-state index in [9.17, 15) is 4.79 Å². The van der Waals surface area contributed by atoms with Crippen molar-refractivity contribution in [2.75, 3.05) is 0 Å². The van der Waals surface area contributed by atoms with Crippen molar-refractivity contribution in [3.05, 3.63) is 59.2 Å². The van der Waals surface area contributed by atoms with Crippen LogP contribution in [0.3, 0.4) is 0 Å². The van der Waals surface area contributed by atoms with E-state index in [2.05, 4.69) is 14.7 Å². The Hall–Kier alpha value is -2.89. The number of esters is 1. The zero-order chi connectivity index (χ0) is 17.1. The maximum Gasteiger partial charge on any atom is 0.340 e. The highest BCUT2D eigenvalue weighted by atomic mass is 16.6. The maximum atomic E-state index is 12.3. The second-order valence-electron chi connectivity index (χ2n) is 5.48. The lowest BCUT2D eigenvalue weighted by Crippen LogP contribution is -2.07. The summed E-state index contributed by atoms with van der Waals surface area (Å²) in [4.78, 5) is 16.5. The summed E-state index contributed by atoms with van der Waals surface area (Å²) in [6.45, 7) is 6.69. The van der Waals surface area contributed by atoms with Gasteiger partial charge >= 0.3 is 5.97 Å². The van der Waals surface area contributed by atoms with Crippen LogP contribution in [0.5, 0.6) is 0 Å². The van der Waals surface area contributed by atoms with Gasteiger partial charge in [-0.15, -0.1) is 0 Å². The van der Waals surface area contributed by atoms with Crippen molar-refractivity contribution >= 4 is 5.97 Å². The highest BCUT2D eigenvalue weighted by molar-refractivity contribution is 5.91. The van der Waals surface area contributed by atoms with Crippen LogP contribution in [0, 0.1) is 13.8 Å². The first kappa shape index (κ1) is 16.0. The molecule has 0 atom stereocenters. The van der Waals surface area contributed by atoms with Crippen molar-refractivity contribution < 1.29 is 14.1 Å². The molecule has 0 bridgehead atoms. The molecule has 0 N–H and O–H groups in total. The predicted octanol–water partition coefficient (Wildman–Crippen LogP) is 3.53. The number of nitrogens with zero attached hydrogens (tertiary/aromatic N) is 3. The fourth-order valence-corrected chi connectivity index (χ4v) is 2.72. The molecule has 2 aromatic heterocycles. The van der Waals surface area contributed by atoms with Gasteiger partial charge in [0.1, 0.15) is 0 Å². The summed E-state index contributed by atoms with van der Waals surface area (Å²) < 4.78 is 12.5. The summed E-state index contributed by atoms with van der Waals surface area (Å²) in [6.07, 6.45) is 0. The number of carbonyl (C=O) groups is 1. The quantitative estimate of drug-likeness (QED) is 0.671. The molecule has 0 saturated heterocycles. The Morgan fingerprint density at radius 2 is 2.00 bits per heavy atom. The first-order valence-corrected chi connectivity index (χ1v) is 7.82. The number of aryl methyl sites for hydroxylation is 1. The Bertz CT molecular complexity index is 850. The molecule has 3 aromatic rings. The predicted molar refractivity (Wildman–Crippen MR) is 88.4 cm³/mol. The van der Waals surface area contributed by atoms with E-state index in [0.717, 1.165) is 23.5 Å². The molecule has 1 aromatic carbocycles. The zero-order valence-electron chi connectivity index (χ0n) is 13.9. The Kier molecular flexibility index (Phi) is 4.46. The van der Waals surface area contributed by atoms with Crippen molar-refractivity contribution in [1.82, 2.24) is 14.7 Å². The summed E-state index contributed by atoms with van der Waals surface area (Å²) in [6, 6.07) is 11.3. The van der Waals surface area contributed by atoms with E-state index in [-0.39, 0.29) is 18.5 Å². The van der Waals surface area contributed by atoms with Crippen LogP contribution in [0.2, 0.25) is 0 Å². The number of rotatable bonds is 5. The Morgan fingerprint density at radius 3 is 2.67 bits per heavy atom. The average molecular weight is 325 g/mol. The van der Waals surface area contributed by atoms with Crippen molar-refractivity contribution in [3.63, 3.8) is 0 Å². The Morgan fingerprint density at radius 1 is 1.25 bits per heavy atom. The highest BCUT2D eigenvalue weighted by Crippen LogP contribution is 2.18. The molecule has 124 valence electrons. The molecule has 0 unspecified atom stereocenters. The monoisotopic (exact) mass is 325 g/mol. The third-order valence-corrected chi connectivity index (χ3v) is 3.94. The minimum atomic E-state index is -0.387. The third kappa shape index (κ3) is 3.08. The first-order valence-electron chi connectivity index (χ1n) is 7.82. The van der Waals surface area contributed by atoms with E-state index in [4.69, 9.17) is 9.26 Å². The smallest absolute Gasteiger partial charge is 0.340 e.